The van der Waals surface area contributed by atoms with E-state index in [0.29, 0.717) is 44.5 Å². The highest BCUT2D eigenvalue weighted by Gasteiger charge is 2.36. The van der Waals surface area contributed by atoms with Crippen molar-refractivity contribution in [2.75, 3.05) is 45.2 Å². The van der Waals surface area contributed by atoms with Crippen molar-refractivity contribution in [3.63, 3.8) is 0 Å². The summed E-state index contributed by atoms with van der Waals surface area (Å²) in [4.78, 5) is 27.0. The number of nitrogen functional groups attached to an aromatic ring is 1. The molecule has 0 amide bonds. The Labute approximate surface area is 187 Å². The highest BCUT2D eigenvalue weighted by Crippen LogP contribution is 2.32. The number of halogens is 4. The third-order valence-corrected chi connectivity index (χ3v) is 5.27. The van der Waals surface area contributed by atoms with Gasteiger partial charge in [-0.2, -0.15) is 18.3 Å². The molecule has 2 N–H and O–H groups in total. The topological polar surface area (TPSA) is 99.7 Å². The van der Waals surface area contributed by atoms with Crippen LogP contribution in [0.25, 0.3) is 0 Å². The van der Waals surface area contributed by atoms with Crippen molar-refractivity contribution in [2.45, 2.75) is 26.1 Å². The lowest BCUT2D eigenvalue weighted by molar-refractivity contribution is -0.140. The van der Waals surface area contributed by atoms with Gasteiger partial charge in [0.25, 0.3) is 0 Å². The summed E-state index contributed by atoms with van der Waals surface area (Å²) in [6.07, 6.45) is -4.60. The second kappa shape index (κ2) is 10.3. The maximum atomic E-state index is 14.2. The highest BCUT2D eigenvalue weighted by molar-refractivity contribution is 6.01. The van der Waals surface area contributed by atoms with E-state index in [0.717, 1.165) is 25.2 Å². The molecule has 0 atom stereocenters. The zero-order valence-corrected chi connectivity index (χ0v) is 18.0. The quantitative estimate of drug-likeness (QED) is 0.358. The third kappa shape index (κ3) is 5.69. The standard InChI is InChI=1S/C21H24F4N4O4/c1-2-15-17(19(26)29(27-15)7-6-28-8-10-32-11-9-28)20(31)33-12-16(30)13-4-3-5-14(18(13)22)21(23,24)25/h3-5H,2,6-12,26H2,1H3. The SMILES string of the molecule is CCc1nn(CCN2CCOCC2)c(N)c1C(=O)OCC(=O)c1cccc(C(F)(F)F)c1F. The summed E-state index contributed by atoms with van der Waals surface area (Å²) in [6, 6.07) is 2.33. The van der Waals surface area contributed by atoms with Gasteiger partial charge in [0.1, 0.15) is 17.2 Å². The number of benzene rings is 1. The van der Waals surface area contributed by atoms with Crippen LogP contribution in [0, 0.1) is 5.82 Å². The summed E-state index contributed by atoms with van der Waals surface area (Å²) >= 11 is 0. The first-order valence-electron chi connectivity index (χ1n) is 10.3. The number of alkyl halides is 3. The Bertz CT molecular complexity index is 1020. The number of nitrogens with zero attached hydrogens (tertiary/aromatic N) is 3. The predicted molar refractivity (Wildman–Crippen MR) is 109 cm³/mol. The van der Waals surface area contributed by atoms with Crippen molar-refractivity contribution in [1.29, 1.82) is 0 Å². The van der Waals surface area contributed by atoms with Crippen LogP contribution in [0.4, 0.5) is 23.4 Å². The van der Waals surface area contributed by atoms with Crippen LogP contribution in [0.2, 0.25) is 0 Å². The van der Waals surface area contributed by atoms with Crippen molar-refractivity contribution >= 4 is 17.6 Å². The summed E-state index contributed by atoms with van der Waals surface area (Å²) in [6.45, 7) is 4.67. The molecule has 2 heterocycles. The van der Waals surface area contributed by atoms with Crippen LogP contribution in [0.5, 0.6) is 0 Å². The number of ether oxygens (including phenoxy) is 2. The summed E-state index contributed by atoms with van der Waals surface area (Å²) in [7, 11) is 0. The minimum absolute atomic E-state index is 0.0169. The molecule has 0 unspecified atom stereocenters. The molecule has 0 bridgehead atoms. The average molecular weight is 472 g/mol. The van der Waals surface area contributed by atoms with Crippen molar-refractivity contribution in [1.82, 2.24) is 14.7 Å². The van der Waals surface area contributed by atoms with E-state index in [9.17, 15) is 27.2 Å². The average Bonchev–Trinajstić information content (AvgIpc) is 3.11. The largest absolute Gasteiger partial charge is 0.454 e. The van der Waals surface area contributed by atoms with Crippen LogP contribution in [-0.2, 0) is 28.6 Å². The van der Waals surface area contributed by atoms with Gasteiger partial charge >= 0.3 is 12.1 Å². The maximum Gasteiger partial charge on any atom is 0.419 e. The van der Waals surface area contributed by atoms with E-state index in [1.165, 1.54) is 4.68 Å². The Morgan fingerprint density at radius 1 is 1.21 bits per heavy atom. The molecule has 2 aromatic rings. The predicted octanol–water partition coefficient (Wildman–Crippen LogP) is 2.56. The van der Waals surface area contributed by atoms with Gasteiger partial charge in [-0.15, -0.1) is 0 Å². The van der Waals surface area contributed by atoms with Gasteiger partial charge in [-0.3, -0.25) is 9.69 Å². The van der Waals surface area contributed by atoms with E-state index in [4.69, 9.17) is 15.2 Å². The lowest BCUT2D eigenvalue weighted by Gasteiger charge is -2.26. The van der Waals surface area contributed by atoms with Gasteiger partial charge in [-0.1, -0.05) is 13.0 Å². The number of morpholine rings is 1. The van der Waals surface area contributed by atoms with Gasteiger partial charge in [0.2, 0.25) is 5.78 Å². The summed E-state index contributed by atoms with van der Waals surface area (Å²) < 4.78 is 64.5. The van der Waals surface area contributed by atoms with Gasteiger partial charge in [-0.25, -0.2) is 13.9 Å². The number of ketones is 1. The number of anilines is 1. The molecule has 0 radical (unpaired) electrons. The molecule has 1 aromatic heterocycles. The Morgan fingerprint density at radius 2 is 1.91 bits per heavy atom. The van der Waals surface area contributed by atoms with Crippen molar-refractivity contribution in [3.8, 4) is 0 Å². The second-order valence-corrected chi connectivity index (χ2v) is 7.40. The third-order valence-electron chi connectivity index (χ3n) is 5.27. The molecule has 3 rings (SSSR count). The number of carbonyl (C=O) groups excluding carboxylic acids is 2. The summed E-state index contributed by atoms with van der Waals surface area (Å²) in [5, 5.41) is 4.33. The van der Waals surface area contributed by atoms with Gasteiger partial charge in [0, 0.05) is 19.6 Å². The molecule has 8 nitrogen and oxygen atoms in total. The molecular formula is C21H24F4N4O4. The Balaban J connectivity index is 1.69. The van der Waals surface area contributed by atoms with E-state index < -0.39 is 41.5 Å². The number of aryl methyl sites for hydroxylation is 1. The lowest BCUT2D eigenvalue weighted by Crippen LogP contribution is -2.38. The van der Waals surface area contributed by atoms with Crippen LogP contribution in [0.15, 0.2) is 18.2 Å². The molecule has 0 saturated carbocycles. The first-order valence-corrected chi connectivity index (χ1v) is 10.3. The van der Waals surface area contributed by atoms with Crippen LogP contribution in [-0.4, -0.2) is 65.9 Å². The number of nitrogens with two attached hydrogens (primary N) is 1. The van der Waals surface area contributed by atoms with E-state index in [2.05, 4.69) is 10.00 Å². The molecular weight excluding hydrogens is 448 g/mol. The number of esters is 1. The number of rotatable bonds is 8. The molecule has 180 valence electrons. The van der Waals surface area contributed by atoms with Gasteiger partial charge in [0.05, 0.1) is 36.6 Å². The van der Waals surface area contributed by atoms with E-state index in [1.807, 2.05) is 0 Å². The second-order valence-electron chi connectivity index (χ2n) is 7.40. The van der Waals surface area contributed by atoms with Crippen molar-refractivity contribution in [3.05, 3.63) is 46.4 Å². The first kappa shape index (κ1) is 24.6. The van der Waals surface area contributed by atoms with Crippen molar-refractivity contribution in [2.24, 2.45) is 0 Å². The fraction of sp³-hybridized carbons (Fsp3) is 0.476. The fourth-order valence-corrected chi connectivity index (χ4v) is 3.47. The smallest absolute Gasteiger partial charge is 0.419 e. The Morgan fingerprint density at radius 3 is 2.55 bits per heavy atom. The normalized spacial score (nSPS) is 14.9. The van der Waals surface area contributed by atoms with Crippen LogP contribution in [0.3, 0.4) is 0 Å². The van der Waals surface area contributed by atoms with E-state index >= 15 is 0 Å². The molecule has 12 heteroatoms. The zero-order valence-electron chi connectivity index (χ0n) is 18.0. The van der Waals surface area contributed by atoms with Gasteiger partial charge in [-0.05, 0) is 18.6 Å². The Kier molecular flexibility index (Phi) is 7.69. The zero-order chi connectivity index (χ0) is 24.2. The minimum Gasteiger partial charge on any atom is -0.454 e. The maximum absolute atomic E-state index is 14.2. The minimum atomic E-state index is -4.96. The van der Waals surface area contributed by atoms with E-state index in [-0.39, 0.29) is 11.4 Å². The summed E-state index contributed by atoms with van der Waals surface area (Å²) in [5.74, 6) is -3.72. The van der Waals surface area contributed by atoms with Gasteiger partial charge in [0.15, 0.2) is 6.61 Å². The summed E-state index contributed by atoms with van der Waals surface area (Å²) in [5.41, 5.74) is 4.05. The number of hydrogen-bond donors (Lipinski definition) is 1. The molecule has 0 aliphatic carbocycles. The van der Waals surface area contributed by atoms with Gasteiger partial charge < -0.3 is 15.2 Å². The highest BCUT2D eigenvalue weighted by atomic mass is 19.4. The van der Waals surface area contributed by atoms with Crippen LogP contribution in [0.1, 0.15) is 38.9 Å². The molecule has 1 aromatic carbocycles. The first-order chi connectivity index (χ1) is 15.6. The molecule has 1 aliphatic rings. The molecule has 1 fully saturated rings. The lowest BCUT2D eigenvalue weighted by atomic mass is 10.1. The number of Topliss-reactive ketones (excluding diaryl/α,β-unsaturated/α-hetero) is 1. The Hall–Kier alpha value is -2.99. The van der Waals surface area contributed by atoms with Crippen LogP contribution < -0.4 is 5.73 Å². The molecule has 0 spiro atoms. The molecule has 1 saturated heterocycles. The number of hydrogen-bond acceptors (Lipinski definition) is 7. The van der Waals surface area contributed by atoms with Crippen LogP contribution >= 0.6 is 0 Å². The van der Waals surface area contributed by atoms with E-state index in [1.54, 1.807) is 6.92 Å². The molecule has 1 aliphatic heterocycles. The fourth-order valence-electron chi connectivity index (χ4n) is 3.47. The monoisotopic (exact) mass is 472 g/mol. The van der Waals surface area contributed by atoms with Crippen molar-refractivity contribution < 1.29 is 36.6 Å². The number of aromatic nitrogens is 2. The number of carbonyl (C=O) groups is 2. The molecule has 33 heavy (non-hydrogen) atoms.